The minimum absolute atomic E-state index is 0.0388. The zero-order valence-corrected chi connectivity index (χ0v) is 12.0. The Morgan fingerprint density at radius 2 is 2.14 bits per heavy atom. The first-order valence-corrected chi connectivity index (χ1v) is 6.39. The van der Waals surface area contributed by atoms with Crippen molar-refractivity contribution in [2.45, 2.75) is 19.8 Å². The van der Waals surface area contributed by atoms with Crippen LogP contribution in [0.1, 0.15) is 41.5 Å². The van der Waals surface area contributed by atoms with Gasteiger partial charge >= 0.3 is 5.97 Å². The maximum absolute atomic E-state index is 11.1. The van der Waals surface area contributed by atoms with Crippen LogP contribution in [0.5, 0.6) is 5.75 Å². The van der Waals surface area contributed by atoms with Crippen molar-refractivity contribution >= 4 is 5.97 Å². The lowest BCUT2D eigenvalue weighted by molar-refractivity contribution is 0.0690. The van der Waals surface area contributed by atoms with Gasteiger partial charge in [0, 0.05) is 5.69 Å². The number of hydrogen-bond acceptors (Lipinski definition) is 4. The second-order valence-corrected chi connectivity index (χ2v) is 4.82. The lowest BCUT2D eigenvalue weighted by Gasteiger charge is -2.13. The van der Waals surface area contributed by atoms with Crippen molar-refractivity contribution in [1.29, 1.82) is 5.26 Å². The molecular formula is C15H15N3O3. The Bertz CT molecular complexity index is 726. The summed E-state index contributed by atoms with van der Waals surface area (Å²) in [7, 11) is 1.52. The SMILES string of the molecule is COc1ccc(C#N)cc1-n1nc(C(=O)O)cc1C(C)C. The zero-order valence-electron chi connectivity index (χ0n) is 12.0. The van der Waals surface area contributed by atoms with E-state index >= 15 is 0 Å². The number of benzene rings is 1. The summed E-state index contributed by atoms with van der Waals surface area (Å²) in [6.45, 7) is 3.89. The Balaban J connectivity index is 2.71. The second kappa shape index (κ2) is 5.67. The average Bonchev–Trinajstić information content (AvgIpc) is 2.92. The van der Waals surface area contributed by atoms with Gasteiger partial charge in [0.1, 0.15) is 11.4 Å². The van der Waals surface area contributed by atoms with Gasteiger partial charge in [-0.2, -0.15) is 10.4 Å². The molecule has 0 amide bonds. The minimum Gasteiger partial charge on any atom is -0.494 e. The molecule has 0 spiro atoms. The monoisotopic (exact) mass is 285 g/mol. The van der Waals surface area contributed by atoms with Gasteiger partial charge in [-0.05, 0) is 30.2 Å². The van der Waals surface area contributed by atoms with Gasteiger partial charge in [-0.1, -0.05) is 13.8 Å². The Morgan fingerprint density at radius 1 is 1.43 bits per heavy atom. The number of aromatic carboxylic acids is 1. The second-order valence-electron chi connectivity index (χ2n) is 4.82. The molecule has 2 aromatic rings. The number of carboxylic acids is 1. The standard InChI is InChI=1S/C15H15N3O3/c1-9(2)12-7-11(15(19)20)17-18(12)13-6-10(8-16)4-5-14(13)21-3/h4-7,9H,1-3H3,(H,19,20). The van der Waals surface area contributed by atoms with Crippen molar-refractivity contribution in [3.8, 4) is 17.5 Å². The first-order valence-electron chi connectivity index (χ1n) is 6.39. The van der Waals surface area contributed by atoms with Gasteiger partial charge in [0.15, 0.2) is 5.69 Å². The molecular weight excluding hydrogens is 270 g/mol. The fraction of sp³-hybridized carbons (Fsp3) is 0.267. The molecule has 6 nitrogen and oxygen atoms in total. The Kier molecular flexibility index (Phi) is 3.94. The summed E-state index contributed by atoms with van der Waals surface area (Å²) >= 11 is 0. The van der Waals surface area contributed by atoms with Crippen molar-refractivity contribution in [2.75, 3.05) is 7.11 Å². The average molecular weight is 285 g/mol. The van der Waals surface area contributed by atoms with Crippen LogP contribution in [0.15, 0.2) is 24.3 Å². The van der Waals surface area contributed by atoms with Crippen LogP contribution in [0.2, 0.25) is 0 Å². The number of methoxy groups -OCH3 is 1. The summed E-state index contributed by atoms with van der Waals surface area (Å²) in [5, 5.41) is 22.3. The highest BCUT2D eigenvalue weighted by molar-refractivity contribution is 5.85. The van der Waals surface area contributed by atoms with E-state index in [1.165, 1.54) is 17.9 Å². The van der Waals surface area contributed by atoms with Gasteiger partial charge in [0.2, 0.25) is 0 Å². The van der Waals surface area contributed by atoms with E-state index in [1.54, 1.807) is 18.2 Å². The molecule has 6 heteroatoms. The first kappa shape index (κ1) is 14.6. The first-order chi connectivity index (χ1) is 9.97. The number of nitrogens with zero attached hydrogens (tertiary/aromatic N) is 3. The molecule has 0 fully saturated rings. The summed E-state index contributed by atoms with van der Waals surface area (Å²) < 4.78 is 6.81. The Morgan fingerprint density at radius 3 is 2.67 bits per heavy atom. The summed E-state index contributed by atoms with van der Waals surface area (Å²) in [6.07, 6.45) is 0. The van der Waals surface area contributed by atoms with Gasteiger partial charge < -0.3 is 9.84 Å². The normalized spacial score (nSPS) is 10.4. The van der Waals surface area contributed by atoms with Gasteiger partial charge in [0.25, 0.3) is 0 Å². The molecule has 1 N–H and O–H groups in total. The number of aromatic nitrogens is 2. The number of carboxylic acid groups (broad SMARTS) is 1. The molecule has 108 valence electrons. The summed E-state index contributed by atoms with van der Waals surface area (Å²) in [5.74, 6) is -0.497. The maximum Gasteiger partial charge on any atom is 0.356 e. The molecule has 0 atom stereocenters. The zero-order chi connectivity index (χ0) is 15.6. The molecule has 0 aliphatic rings. The lowest BCUT2D eigenvalue weighted by Crippen LogP contribution is -2.07. The molecule has 0 radical (unpaired) electrons. The Labute approximate surface area is 122 Å². The van der Waals surface area contributed by atoms with Crippen LogP contribution in [0.25, 0.3) is 5.69 Å². The van der Waals surface area contributed by atoms with Crippen LogP contribution >= 0.6 is 0 Å². The van der Waals surface area contributed by atoms with Crippen LogP contribution in [-0.4, -0.2) is 28.0 Å². The highest BCUT2D eigenvalue weighted by Crippen LogP contribution is 2.28. The third-order valence-electron chi connectivity index (χ3n) is 3.08. The molecule has 1 aromatic heterocycles. The number of nitriles is 1. The number of carbonyl (C=O) groups is 1. The number of ether oxygens (including phenoxy) is 1. The van der Waals surface area contributed by atoms with Crippen molar-refractivity contribution in [3.63, 3.8) is 0 Å². The highest BCUT2D eigenvalue weighted by atomic mass is 16.5. The predicted octanol–water partition coefficient (Wildman–Crippen LogP) is 2.57. The van der Waals surface area contributed by atoms with E-state index < -0.39 is 5.97 Å². The minimum atomic E-state index is -1.09. The van der Waals surface area contributed by atoms with Crippen LogP contribution in [0.3, 0.4) is 0 Å². The van der Waals surface area contributed by atoms with E-state index in [0.717, 1.165) is 5.69 Å². The van der Waals surface area contributed by atoms with Crippen LogP contribution in [-0.2, 0) is 0 Å². The summed E-state index contributed by atoms with van der Waals surface area (Å²) in [5.41, 5.74) is 1.70. The lowest BCUT2D eigenvalue weighted by atomic mass is 10.1. The molecule has 0 aliphatic carbocycles. The van der Waals surface area contributed by atoms with E-state index in [9.17, 15) is 4.79 Å². The molecule has 0 bridgehead atoms. The largest absolute Gasteiger partial charge is 0.494 e. The molecule has 0 saturated carbocycles. The van der Waals surface area contributed by atoms with Crippen molar-refractivity contribution < 1.29 is 14.6 Å². The molecule has 0 aliphatic heterocycles. The summed E-state index contributed by atoms with van der Waals surface area (Å²) in [4.78, 5) is 11.1. The molecule has 0 unspecified atom stereocenters. The molecule has 21 heavy (non-hydrogen) atoms. The van der Waals surface area contributed by atoms with Gasteiger partial charge in [-0.3, -0.25) is 0 Å². The smallest absolute Gasteiger partial charge is 0.356 e. The van der Waals surface area contributed by atoms with Crippen LogP contribution in [0, 0.1) is 11.3 Å². The fourth-order valence-corrected chi connectivity index (χ4v) is 2.03. The maximum atomic E-state index is 11.1. The van der Waals surface area contributed by atoms with Gasteiger partial charge in [-0.25, -0.2) is 9.48 Å². The van der Waals surface area contributed by atoms with Crippen molar-refractivity contribution in [3.05, 3.63) is 41.2 Å². The van der Waals surface area contributed by atoms with Crippen molar-refractivity contribution in [1.82, 2.24) is 9.78 Å². The van der Waals surface area contributed by atoms with E-state index in [4.69, 9.17) is 15.1 Å². The van der Waals surface area contributed by atoms with E-state index in [-0.39, 0.29) is 11.6 Å². The van der Waals surface area contributed by atoms with E-state index in [2.05, 4.69) is 11.2 Å². The molecule has 1 heterocycles. The predicted molar refractivity (Wildman–Crippen MR) is 75.9 cm³/mol. The third-order valence-corrected chi connectivity index (χ3v) is 3.08. The number of hydrogen-bond donors (Lipinski definition) is 1. The van der Waals surface area contributed by atoms with Gasteiger partial charge in [-0.15, -0.1) is 0 Å². The quantitative estimate of drug-likeness (QED) is 0.932. The fourth-order valence-electron chi connectivity index (χ4n) is 2.03. The van der Waals surface area contributed by atoms with Gasteiger partial charge in [0.05, 0.1) is 18.7 Å². The van der Waals surface area contributed by atoms with Crippen LogP contribution < -0.4 is 4.74 Å². The molecule has 0 saturated heterocycles. The third kappa shape index (κ3) is 2.72. The molecule has 1 aromatic carbocycles. The molecule has 2 rings (SSSR count). The summed E-state index contributed by atoms with van der Waals surface area (Å²) in [6, 6.07) is 8.52. The Hall–Kier alpha value is -2.81. The topological polar surface area (TPSA) is 88.1 Å². The van der Waals surface area contributed by atoms with Crippen molar-refractivity contribution in [2.24, 2.45) is 0 Å². The van der Waals surface area contributed by atoms with E-state index in [1.807, 2.05) is 13.8 Å². The van der Waals surface area contributed by atoms with E-state index in [0.29, 0.717) is 17.0 Å². The highest BCUT2D eigenvalue weighted by Gasteiger charge is 2.19. The van der Waals surface area contributed by atoms with Crippen LogP contribution in [0.4, 0.5) is 0 Å². The number of rotatable bonds is 4.